The fourth-order valence-electron chi connectivity index (χ4n) is 4.87. The molecule has 1 aliphatic carbocycles. The molecule has 2 fully saturated rings. The molecule has 0 aromatic heterocycles. The van der Waals surface area contributed by atoms with Gasteiger partial charge in [-0.25, -0.2) is 0 Å². The second kappa shape index (κ2) is 10.8. The fraction of sp³-hybridized carbons (Fsp3) is 0.739. The Labute approximate surface area is 174 Å². The van der Waals surface area contributed by atoms with Gasteiger partial charge in [0, 0.05) is 10.5 Å². The highest BCUT2D eigenvalue weighted by atomic mass is 79.9. The zero-order valence-corrected chi connectivity index (χ0v) is 18.8. The molecule has 2 aliphatic rings. The van der Waals surface area contributed by atoms with Crippen LogP contribution in [0.2, 0.25) is 0 Å². The number of nitrogens with one attached hydrogen (secondary N) is 1. The predicted molar refractivity (Wildman–Crippen MR) is 118 cm³/mol. The van der Waals surface area contributed by atoms with E-state index < -0.39 is 0 Å². The summed E-state index contributed by atoms with van der Waals surface area (Å²) in [6.07, 6.45) is 10.9. The van der Waals surface area contributed by atoms with Crippen molar-refractivity contribution in [1.29, 1.82) is 0 Å². The highest BCUT2D eigenvalue weighted by Crippen LogP contribution is 2.30. The van der Waals surface area contributed by atoms with Crippen molar-refractivity contribution < 1.29 is 4.74 Å². The minimum absolute atomic E-state index is 0.790. The van der Waals surface area contributed by atoms with E-state index in [0.717, 1.165) is 30.2 Å². The maximum atomic E-state index is 5.39. The number of nitrogens with zero attached hydrogens (tertiary/aromatic N) is 1. The van der Waals surface area contributed by atoms with Crippen LogP contribution in [0.1, 0.15) is 57.4 Å². The summed E-state index contributed by atoms with van der Waals surface area (Å²) < 4.78 is 6.61. The molecule has 152 valence electrons. The molecule has 3 nitrogen and oxygen atoms in total. The molecule has 1 saturated heterocycles. The molecule has 0 bridgehead atoms. The van der Waals surface area contributed by atoms with Gasteiger partial charge >= 0.3 is 0 Å². The van der Waals surface area contributed by atoms with E-state index in [1.807, 2.05) is 6.07 Å². The Balaban J connectivity index is 1.36. The van der Waals surface area contributed by atoms with Crippen LogP contribution in [0.3, 0.4) is 0 Å². The number of likely N-dealkylation sites (tertiary alicyclic amines) is 1. The number of ether oxygens (including phenoxy) is 1. The third kappa shape index (κ3) is 6.47. The minimum Gasteiger partial charge on any atom is -0.497 e. The lowest BCUT2D eigenvalue weighted by Gasteiger charge is -2.34. The summed E-state index contributed by atoms with van der Waals surface area (Å²) in [6, 6.07) is 7.13. The summed E-state index contributed by atoms with van der Waals surface area (Å²) in [5.74, 6) is 2.74. The molecule has 0 atom stereocenters. The standard InChI is InChI=1S/C23H37BrN2O/c1-3-25-21-6-4-18(5-7-21)10-13-26-14-11-19(12-15-26)16-20-17-22(27-2)8-9-23(20)24/h8-9,17-19,21,25H,3-7,10-16H2,1-2H3/t18-,21-. The second-order valence-corrected chi connectivity index (χ2v) is 9.36. The Bertz CT molecular complexity index is 563. The molecule has 1 N–H and O–H groups in total. The Morgan fingerprint density at radius 1 is 1.07 bits per heavy atom. The van der Waals surface area contributed by atoms with Gasteiger partial charge in [0.15, 0.2) is 0 Å². The van der Waals surface area contributed by atoms with Crippen molar-refractivity contribution in [1.82, 2.24) is 10.2 Å². The average Bonchev–Trinajstić information content (AvgIpc) is 2.70. The topological polar surface area (TPSA) is 24.5 Å². The van der Waals surface area contributed by atoms with Gasteiger partial charge < -0.3 is 15.0 Å². The van der Waals surface area contributed by atoms with Crippen molar-refractivity contribution in [3.8, 4) is 5.75 Å². The van der Waals surface area contributed by atoms with Gasteiger partial charge in [0.1, 0.15) is 5.75 Å². The fourth-order valence-corrected chi connectivity index (χ4v) is 5.28. The third-order valence-electron chi connectivity index (χ3n) is 6.66. The maximum absolute atomic E-state index is 5.39. The SMILES string of the molecule is CCN[C@H]1CC[C@H](CCN2CCC(Cc3cc(OC)ccc3Br)CC2)CC1. The van der Waals surface area contributed by atoms with Crippen molar-refractivity contribution in [2.45, 2.75) is 64.3 Å². The number of hydrogen-bond donors (Lipinski definition) is 1. The van der Waals surface area contributed by atoms with E-state index >= 15 is 0 Å². The largest absolute Gasteiger partial charge is 0.497 e. The average molecular weight is 437 g/mol. The van der Waals surface area contributed by atoms with Crippen LogP contribution >= 0.6 is 15.9 Å². The number of methoxy groups -OCH3 is 1. The summed E-state index contributed by atoms with van der Waals surface area (Å²) in [5, 5.41) is 3.62. The lowest BCUT2D eigenvalue weighted by molar-refractivity contribution is 0.163. The van der Waals surface area contributed by atoms with Crippen LogP contribution in [0.15, 0.2) is 22.7 Å². The van der Waals surface area contributed by atoms with Crippen LogP contribution in [0, 0.1) is 11.8 Å². The summed E-state index contributed by atoms with van der Waals surface area (Å²) in [4.78, 5) is 2.72. The molecule has 4 heteroatoms. The molecule has 0 spiro atoms. The molecule has 27 heavy (non-hydrogen) atoms. The Kier molecular flexibility index (Phi) is 8.47. The summed E-state index contributed by atoms with van der Waals surface area (Å²) in [5.41, 5.74) is 1.39. The molecular weight excluding hydrogens is 400 g/mol. The van der Waals surface area contributed by atoms with Gasteiger partial charge in [-0.05, 0) is 113 Å². The second-order valence-electron chi connectivity index (χ2n) is 8.51. The van der Waals surface area contributed by atoms with E-state index in [1.54, 1.807) is 7.11 Å². The summed E-state index contributed by atoms with van der Waals surface area (Å²) in [7, 11) is 1.75. The quantitative estimate of drug-likeness (QED) is 0.600. The molecule has 1 saturated carbocycles. The van der Waals surface area contributed by atoms with Crippen molar-refractivity contribution in [2.24, 2.45) is 11.8 Å². The zero-order valence-electron chi connectivity index (χ0n) is 17.2. The minimum atomic E-state index is 0.790. The van der Waals surface area contributed by atoms with E-state index in [9.17, 15) is 0 Å². The molecule has 1 heterocycles. The highest BCUT2D eigenvalue weighted by Gasteiger charge is 2.23. The van der Waals surface area contributed by atoms with Gasteiger partial charge in [-0.2, -0.15) is 0 Å². The molecule has 0 unspecified atom stereocenters. The number of piperidine rings is 1. The van der Waals surface area contributed by atoms with E-state index in [0.29, 0.717) is 0 Å². The van der Waals surface area contributed by atoms with Crippen LogP contribution < -0.4 is 10.1 Å². The van der Waals surface area contributed by atoms with Gasteiger partial charge in [0.05, 0.1) is 7.11 Å². The van der Waals surface area contributed by atoms with Crippen LogP contribution in [0.5, 0.6) is 5.75 Å². The molecule has 3 rings (SSSR count). The first-order chi connectivity index (χ1) is 13.2. The molecule has 0 radical (unpaired) electrons. The number of rotatable bonds is 8. The number of halogens is 1. The number of hydrogen-bond acceptors (Lipinski definition) is 3. The van der Waals surface area contributed by atoms with Gasteiger partial charge in [-0.1, -0.05) is 22.9 Å². The molecule has 1 aliphatic heterocycles. The van der Waals surface area contributed by atoms with Gasteiger partial charge in [-0.3, -0.25) is 0 Å². The lowest BCUT2D eigenvalue weighted by Crippen LogP contribution is -2.37. The summed E-state index contributed by atoms with van der Waals surface area (Å²) >= 11 is 3.71. The number of benzene rings is 1. The summed E-state index contributed by atoms with van der Waals surface area (Å²) in [6.45, 7) is 7.21. The van der Waals surface area contributed by atoms with Crippen molar-refractivity contribution in [2.75, 3.05) is 33.3 Å². The third-order valence-corrected chi connectivity index (χ3v) is 7.44. The van der Waals surface area contributed by atoms with E-state index in [2.05, 4.69) is 45.2 Å². The maximum Gasteiger partial charge on any atom is 0.119 e. The van der Waals surface area contributed by atoms with Crippen LogP contribution in [0.4, 0.5) is 0 Å². The molecule has 0 amide bonds. The van der Waals surface area contributed by atoms with Gasteiger partial charge in [-0.15, -0.1) is 0 Å². The first-order valence-corrected chi connectivity index (χ1v) is 11.7. The smallest absolute Gasteiger partial charge is 0.119 e. The van der Waals surface area contributed by atoms with E-state index in [1.165, 1.54) is 81.0 Å². The molecule has 1 aromatic carbocycles. The first-order valence-electron chi connectivity index (χ1n) is 11.0. The van der Waals surface area contributed by atoms with Crippen LogP contribution in [-0.4, -0.2) is 44.2 Å². The first kappa shape index (κ1) is 21.1. The van der Waals surface area contributed by atoms with Gasteiger partial charge in [0.25, 0.3) is 0 Å². The zero-order chi connectivity index (χ0) is 19.1. The monoisotopic (exact) mass is 436 g/mol. The normalized spacial score (nSPS) is 24.9. The highest BCUT2D eigenvalue weighted by molar-refractivity contribution is 9.10. The van der Waals surface area contributed by atoms with Crippen molar-refractivity contribution in [3.05, 3.63) is 28.2 Å². The predicted octanol–water partition coefficient (Wildman–Crippen LogP) is 5.27. The Morgan fingerprint density at radius 3 is 2.48 bits per heavy atom. The molecular formula is C23H37BrN2O. The van der Waals surface area contributed by atoms with Crippen LogP contribution in [-0.2, 0) is 6.42 Å². The Hall–Kier alpha value is -0.580. The van der Waals surface area contributed by atoms with E-state index in [-0.39, 0.29) is 0 Å². The molecule has 1 aromatic rings. The Morgan fingerprint density at radius 2 is 1.81 bits per heavy atom. The van der Waals surface area contributed by atoms with Gasteiger partial charge in [0.2, 0.25) is 0 Å². The van der Waals surface area contributed by atoms with Crippen LogP contribution in [0.25, 0.3) is 0 Å². The lowest BCUT2D eigenvalue weighted by atomic mass is 9.83. The van der Waals surface area contributed by atoms with Crippen molar-refractivity contribution >= 4 is 15.9 Å². The van der Waals surface area contributed by atoms with Crippen molar-refractivity contribution in [3.63, 3.8) is 0 Å². The van der Waals surface area contributed by atoms with E-state index in [4.69, 9.17) is 4.74 Å².